The second-order valence-corrected chi connectivity index (χ2v) is 6.00. The van der Waals surface area contributed by atoms with Gasteiger partial charge in [-0.1, -0.05) is 53.7 Å². The van der Waals surface area contributed by atoms with E-state index in [0.717, 1.165) is 0 Å². The zero-order valence-electron chi connectivity index (χ0n) is 16.1. The van der Waals surface area contributed by atoms with E-state index in [1.54, 1.807) is 31.2 Å². The smallest absolute Gasteiger partial charge is 0.437 e. The molecule has 0 amide bonds. The van der Waals surface area contributed by atoms with E-state index in [9.17, 15) is 18.0 Å². The minimum absolute atomic E-state index is 0.113. The van der Waals surface area contributed by atoms with Crippen LogP contribution in [-0.2, 0) is 25.8 Å². The van der Waals surface area contributed by atoms with Crippen molar-refractivity contribution in [1.82, 2.24) is 5.48 Å². The van der Waals surface area contributed by atoms with Crippen LogP contribution >= 0.6 is 0 Å². The van der Waals surface area contributed by atoms with Gasteiger partial charge in [-0.3, -0.25) is 0 Å². The lowest BCUT2D eigenvalue weighted by atomic mass is 9.97. The molecule has 0 aliphatic carbocycles. The third kappa shape index (κ3) is 5.78. The molecule has 2 rings (SSSR count). The summed E-state index contributed by atoms with van der Waals surface area (Å²) in [6, 6.07) is 11.3. The number of nitrogens with zero attached hydrogens (tertiary/aromatic N) is 1. The minimum Gasteiger partial charge on any atom is -0.468 e. The molecule has 0 bridgehead atoms. The van der Waals surface area contributed by atoms with E-state index in [-0.39, 0.29) is 12.2 Å². The predicted octanol–water partition coefficient (Wildman–Crippen LogP) is 3.84. The number of carbonyl (C=O) groups is 1. The van der Waals surface area contributed by atoms with E-state index >= 15 is 0 Å². The summed E-state index contributed by atoms with van der Waals surface area (Å²) < 4.78 is 44.9. The molecule has 0 spiro atoms. The first kappa shape index (κ1) is 22.4. The molecule has 9 heteroatoms. The van der Waals surface area contributed by atoms with Crippen LogP contribution in [0.1, 0.15) is 28.3 Å². The van der Waals surface area contributed by atoms with Crippen molar-refractivity contribution in [2.24, 2.45) is 5.16 Å². The number of aryl methyl sites for hydroxylation is 1. The summed E-state index contributed by atoms with van der Waals surface area (Å²) in [6.07, 6.45) is -4.69. The van der Waals surface area contributed by atoms with Crippen LogP contribution in [0.4, 0.5) is 13.2 Å². The van der Waals surface area contributed by atoms with Crippen LogP contribution in [-0.4, -0.2) is 32.1 Å². The molecule has 0 heterocycles. The highest BCUT2D eigenvalue weighted by Crippen LogP contribution is 2.26. The maximum Gasteiger partial charge on any atom is 0.437 e. The lowest BCUT2D eigenvalue weighted by Gasteiger charge is -2.20. The van der Waals surface area contributed by atoms with E-state index in [2.05, 4.69) is 10.6 Å². The Kier molecular flexibility index (Phi) is 7.74. The van der Waals surface area contributed by atoms with Gasteiger partial charge in [0.1, 0.15) is 6.61 Å². The van der Waals surface area contributed by atoms with Gasteiger partial charge in [-0.25, -0.2) is 4.79 Å². The summed E-state index contributed by atoms with van der Waals surface area (Å²) in [6.45, 7) is 1.46. The first-order valence-corrected chi connectivity index (χ1v) is 8.56. The lowest BCUT2D eigenvalue weighted by Crippen LogP contribution is -2.30. The molecule has 0 fully saturated rings. The number of hydrogen-bond donors (Lipinski definition) is 1. The summed E-state index contributed by atoms with van der Waals surface area (Å²) in [7, 11) is 2.56. The topological polar surface area (TPSA) is 69.2 Å². The molecule has 29 heavy (non-hydrogen) atoms. The highest BCUT2D eigenvalue weighted by molar-refractivity contribution is 6.04. The molecule has 0 saturated carbocycles. The molecular formula is C20H21F3N2O4. The second-order valence-electron chi connectivity index (χ2n) is 6.00. The van der Waals surface area contributed by atoms with Crippen LogP contribution < -0.4 is 5.48 Å². The number of alkyl halides is 3. The first-order chi connectivity index (χ1) is 13.8. The van der Waals surface area contributed by atoms with Crippen molar-refractivity contribution < 1.29 is 32.4 Å². The second kappa shape index (κ2) is 10.0. The molecule has 0 radical (unpaired) electrons. The summed E-state index contributed by atoms with van der Waals surface area (Å²) in [5.74, 6) is -0.623. The van der Waals surface area contributed by atoms with Crippen LogP contribution in [0, 0.1) is 6.92 Å². The molecule has 1 N–H and O–H groups in total. The maximum absolute atomic E-state index is 13.4. The fraction of sp³-hybridized carbons (Fsp3) is 0.300. The van der Waals surface area contributed by atoms with Crippen molar-refractivity contribution in [2.75, 3.05) is 14.2 Å². The first-order valence-electron chi connectivity index (χ1n) is 8.56. The zero-order valence-corrected chi connectivity index (χ0v) is 16.1. The molecule has 0 saturated heterocycles. The van der Waals surface area contributed by atoms with E-state index in [4.69, 9.17) is 14.4 Å². The van der Waals surface area contributed by atoms with Gasteiger partial charge >= 0.3 is 12.1 Å². The van der Waals surface area contributed by atoms with Crippen LogP contribution in [0.15, 0.2) is 53.7 Å². The quantitative estimate of drug-likeness (QED) is 0.407. The molecule has 156 valence electrons. The Hall–Kier alpha value is -2.91. The summed E-state index contributed by atoms with van der Waals surface area (Å²) in [5, 5.41) is 3.34. The van der Waals surface area contributed by atoms with Gasteiger partial charge in [-0.05, 0) is 18.1 Å². The Balaban J connectivity index is 2.34. The Morgan fingerprint density at radius 3 is 2.38 bits per heavy atom. The number of methoxy groups -OCH3 is 1. The highest BCUT2D eigenvalue weighted by Gasteiger charge is 2.37. The number of ether oxygens (including phenoxy) is 1. The summed E-state index contributed by atoms with van der Waals surface area (Å²) in [5.41, 5.74) is 2.91. The molecule has 0 aliphatic heterocycles. The van der Waals surface area contributed by atoms with Crippen molar-refractivity contribution >= 4 is 11.7 Å². The van der Waals surface area contributed by atoms with Crippen molar-refractivity contribution in [1.29, 1.82) is 0 Å². The van der Waals surface area contributed by atoms with Gasteiger partial charge in [0.25, 0.3) is 0 Å². The van der Waals surface area contributed by atoms with Crippen molar-refractivity contribution in [3.05, 3.63) is 70.8 Å². The molecule has 2 aromatic carbocycles. The number of rotatable bonds is 8. The molecule has 2 aromatic rings. The van der Waals surface area contributed by atoms with Crippen molar-refractivity contribution in [3.8, 4) is 0 Å². The van der Waals surface area contributed by atoms with Gasteiger partial charge in [0.05, 0.1) is 14.2 Å². The molecule has 0 aliphatic rings. The number of nitrogens with one attached hydrogen (secondary N) is 1. The number of esters is 1. The van der Waals surface area contributed by atoms with E-state index < -0.39 is 23.9 Å². The molecule has 0 aromatic heterocycles. The standard InChI is InChI=1S/C20H21F3N2O4/c1-13-8-7-11-15(17(24-28-3)19(26)27-2)16(13)12-29-25-18(20(21,22)23)14-9-5-4-6-10-14/h4-11,17,24H,12H2,1-3H3/b25-18-. The van der Waals surface area contributed by atoms with Crippen LogP contribution in [0.2, 0.25) is 0 Å². The number of benzene rings is 2. The SMILES string of the molecule is CONC(C(=O)OC)c1cccc(C)c1CO/N=C(/c1ccccc1)C(F)(F)F. The van der Waals surface area contributed by atoms with Gasteiger partial charge in [-0.15, -0.1) is 0 Å². The normalized spacial score (nSPS) is 13.1. The number of oxime groups is 1. The number of carbonyl (C=O) groups excluding carboxylic acids is 1. The average Bonchev–Trinajstić information content (AvgIpc) is 2.69. The molecular weight excluding hydrogens is 389 g/mol. The number of halogens is 3. The Morgan fingerprint density at radius 1 is 1.10 bits per heavy atom. The van der Waals surface area contributed by atoms with Gasteiger partial charge in [0.2, 0.25) is 0 Å². The number of hydrogen-bond acceptors (Lipinski definition) is 6. The van der Waals surface area contributed by atoms with Crippen molar-refractivity contribution in [3.63, 3.8) is 0 Å². The van der Waals surface area contributed by atoms with Gasteiger partial charge in [0.15, 0.2) is 11.8 Å². The van der Waals surface area contributed by atoms with Crippen LogP contribution in [0.25, 0.3) is 0 Å². The molecule has 1 unspecified atom stereocenters. The highest BCUT2D eigenvalue weighted by atomic mass is 19.4. The fourth-order valence-corrected chi connectivity index (χ4v) is 2.69. The van der Waals surface area contributed by atoms with Crippen LogP contribution in [0.3, 0.4) is 0 Å². The monoisotopic (exact) mass is 410 g/mol. The third-order valence-corrected chi connectivity index (χ3v) is 4.11. The molecule has 1 atom stereocenters. The van der Waals surface area contributed by atoms with Gasteiger partial charge in [-0.2, -0.15) is 18.7 Å². The predicted molar refractivity (Wildman–Crippen MR) is 99.9 cm³/mol. The van der Waals surface area contributed by atoms with E-state index in [1.165, 1.54) is 38.5 Å². The Morgan fingerprint density at radius 2 is 1.79 bits per heavy atom. The average molecular weight is 410 g/mol. The van der Waals surface area contributed by atoms with Gasteiger partial charge in [0, 0.05) is 11.1 Å². The maximum atomic E-state index is 13.4. The lowest BCUT2D eigenvalue weighted by molar-refractivity contribution is -0.147. The molecule has 6 nitrogen and oxygen atoms in total. The Labute approximate surface area is 166 Å². The van der Waals surface area contributed by atoms with E-state index in [0.29, 0.717) is 16.7 Å². The fourth-order valence-electron chi connectivity index (χ4n) is 2.69. The number of hydroxylamine groups is 1. The zero-order chi connectivity index (χ0) is 21.4. The third-order valence-electron chi connectivity index (χ3n) is 4.11. The van der Waals surface area contributed by atoms with Gasteiger partial charge < -0.3 is 14.4 Å². The van der Waals surface area contributed by atoms with Crippen LogP contribution in [0.5, 0.6) is 0 Å². The van der Waals surface area contributed by atoms with Crippen molar-refractivity contribution in [2.45, 2.75) is 25.7 Å². The minimum atomic E-state index is -4.69. The van der Waals surface area contributed by atoms with E-state index in [1.807, 2.05) is 0 Å². The Bertz CT molecular complexity index is 855. The summed E-state index contributed by atoms with van der Waals surface area (Å²) in [4.78, 5) is 22.0. The summed E-state index contributed by atoms with van der Waals surface area (Å²) >= 11 is 0. The largest absolute Gasteiger partial charge is 0.468 e.